The van der Waals surface area contributed by atoms with Crippen molar-refractivity contribution in [1.82, 2.24) is 0 Å². The number of hydrogen-bond acceptors (Lipinski definition) is 3. The molecule has 1 fully saturated rings. The van der Waals surface area contributed by atoms with Crippen LogP contribution in [0.4, 0.5) is 5.69 Å². The first-order valence-electron chi connectivity index (χ1n) is 6.41. The number of rotatable bonds is 4. The molecule has 0 radical (unpaired) electrons. The summed E-state index contributed by atoms with van der Waals surface area (Å²) in [5.41, 5.74) is 0.849. The molecule has 0 unspecified atom stereocenters. The van der Waals surface area contributed by atoms with Gasteiger partial charge in [0.15, 0.2) is 0 Å². The van der Waals surface area contributed by atoms with Gasteiger partial charge in [0.05, 0.1) is 6.61 Å². The fourth-order valence-corrected chi connectivity index (χ4v) is 3.11. The van der Waals surface area contributed by atoms with Crippen molar-refractivity contribution in [1.29, 1.82) is 0 Å². The van der Waals surface area contributed by atoms with Crippen LogP contribution in [0, 0.1) is 5.92 Å². The second-order valence-corrected chi connectivity index (χ2v) is 5.56. The molecule has 1 saturated heterocycles. The summed E-state index contributed by atoms with van der Waals surface area (Å²) in [4.78, 5) is 12.0. The first kappa shape index (κ1) is 13.3. The van der Waals surface area contributed by atoms with E-state index in [-0.39, 0.29) is 11.8 Å². The van der Waals surface area contributed by atoms with E-state index in [1.165, 1.54) is 0 Å². The Balaban J connectivity index is 1.89. The lowest BCUT2D eigenvalue weighted by Crippen LogP contribution is -2.26. The van der Waals surface area contributed by atoms with Crippen molar-refractivity contribution in [2.45, 2.75) is 19.8 Å². The summed E-state index contributed by atoms with van der Waals surface area (Å²) in [6.07, 6.45) is 1.99. The lowest BCUT2D eigenvalue weighted by Gasteiger charge is -2.20. The van der Waals surface area contributed by atoms with Crippen molar-refractivity contribution >= 4 is 23.4 Å². The number of thioether (sulfide) groups is 1. The lowest BCUT2D eigenvalue weighted by atomic mass is 10.0. The number of amides is 1. The van der Waals surface area contributed by atoms with Gasteiger partial charge < -0.3 is 10.1 Å². The molecule has 1 aromatic rings. The smallest absolute Gasteiger partial charge is 0.227 e. The Morgan fingerprint density at radius 3 is 2.61 bits per heavy atom. The summed E-state index contributed by atoms with van der Waals surface area (Å²) in [6, 6.07) is 7.55. The van der Waals surface area contributed by atoms with Crippen LogP contribution in [0.2, 0.25) is 0 Å². The number of nitrogens with one attached hydrogen (secondary N) is 1. The monoisotopic (exact) mass is 265 g/mol. The summed E-state index contributed by atoms with van der Waals surface area (Å²) < 4.78 is 5.37. The maximum atomic E-state index is 12.0. The summed E-state index contributed by atoms with van der Waals surface area (Å²) in [5, 5.41) is 2.98. The van der Waals surface area contributed by atoms with Gasteiger partial charge in [-0.3, -0.25) is 4.79 Å². The molecule has 0 aromatic heterocycles. The standard InChI is InChI=1S/C14H19NO2S/c1-2-17-13-5-3-12(4-6-13)15-14(16)11-7-9-18-10-8-11/h3-6,11H,2,7-10H2,1H3,(H,15,16). The molecule has 18 heavy (non-hydrogen) atoms. The molecule has 2 rings (SSSR count). The van der Waals surface area contributed by atoms with Gasteiger partial charge in [-0.1, -0.05) is 0 Å². The van der Waals surface area contributed by atoms with E-state index in [4.69, 9.17) is 4.74 Å². The van der Waals surface area contributed by atoms with Crippen LogP contribution in [-0.4, -0.2) is 24.0 Å². The van der Waals surface area contributed by atoms with Crippen molar-refractivity contribution in [2.75, 3.05) is 23.4 Å². The third kappa shape index (κ3) is 3.67. The van der Waals surface area contributed by atoms with Crippen LogP contribution in [-0.2, 0) is 4.79 Å². The Bertz CT molecular complexity index is 385. The molecule has 1 amide bonds. The topological polar surface area (TPSA) is 38.3 Å². The Morgan fingerprint density at radius 1 is 1.33 bits per heavy atom. The van der Waals surface area contributed by atoms with Crippen LogP contribution in [0.3, 0.4) is 0 Å². The molecule has 0 aliphatic carbocycles. The van der Waals surface area contributed by atoms with Gasteiger partial charge in [0, 0.05) is 11.6 Å². The number of anilines is 1. The molecule has 4 heteroatoms. The van der Waals surface area contributed by atoms with E-state index in [1.54, 1.807) is 0 Å². The molecular formula is C14H19NO2S. The minimum atomic E-state index is 0.152. The van der Waals surface area contributed by atoms with E-state index in [2.05, 4.69) is 5.32 Å². The number of carbonyl (C=O) groups is 1. The number of ether oxygens (including phenoxy) is 1. The summed E-state index contributed by atoms with van der Waals surface area (Å²) in [7, 11) is 0. The molecule has 1 aromatic carbocycles. The normalized spacial score (nSPS) is 16.3. The second-order valence-electron chi connectivity index (χ2n) is 4.33. The Morgan fingerprint density at radius 2 is 2.00 bits per heavy atom. The first-order chi connectivity index (χ1) is 8.79. The second kappa shape index (κ2) is 6.69. The van der Waals surface area contributed by atoms with E-state index < -0.39 is 0 Å². The van der Waals surface area contributed by atoms with E-state index >= 15 is 0 Å². The molecule has 1 aliphatic heterocycles. The third-order valence-corrected chi connectivity index (χ3v) is 4.07. The average molecular weight is 265 g/mol. The van der Waals surface area contributed by atoms with Crippen LogP contribution in [0.25, 0.3) is 0 Å². The minimum absolute atomic E-state index is 0.152. The highest BCUT2D eigenvalue weighted by atomic mass is 32.2. The highest BCUT2D eigenvalue weighted by molar-refractivity contribution is 7.99. The maximum Gasteiger partial charge on any atom is 0.227 e. The van der Waals surface area contributed by atoms with Gasteiger partial charge in [0.25, 0.3) is 0 Å². The molecule has 1 N–H and O–H groups in total. The zero-order valence-electron chi connectivity index (χ0n) is 10.6. The van der Waals surface area contributed by atoms with E-state index in [1.807, 2.05) is 43.0 Å². The van der Waals surface area contributed by atoms with Gasteiger partial charge in [0.2, 0.25) is 5.91 Å². The van der Waals surface area contributed by atoms with Crippen LogP contribution >= 0.6 is 11.8 Å². The molecule has 0 bridgehead atoms. The van der Waals surface area contributed by atoms with Gasteiger partial charge in [-0.15, -0.1) is 0 Å². The fraction of sp³-hybridized carbons (Fsp3) is 0.500. The third-order valence-electron chi connectivity index (χ3n) is 3.02. The van der Waals surface area contributed by atoms with Crippen LogP contribution < -0.4 is 10.1 Å². The zero-order chi connectivity index (χ0) is 12.8. The highest BCUT2D eigenvalue weighted by Crippen LogP contribution is 2.24. The molecule has 3 nitrogen and oxygen atoms in total. The quantitative estimate of drug-likeness (QED) is 0.908. The molecule has 98 valence electrons. The summed E-state index contributed by atoms with van der Waals surface area (Å²) in [6.45, 7) is 2.61. The number of hydrogen-bond donors (Lipinski definition) is 1. The zero-order valence-corrected chi connectivity index (χ0v) is 11.5. The van der Waals surface area contributed by atoms with Gasteiger partial charge >= 0.3 is 0 Å². The van der Waals surface area contributed by atoms with Gasteiger partial charge in [-0.2, -0.15) is 11.8 Å². The van der Waals surface area contributed by atoms with Crippen molar-refractivity contribution in [3.05, 3.63) is 24.3 Å². The molecule has 1 heterocycles. The van der Waals surface area contributed by atoms with Crippen LogP contribution in [0.1, 0.15) is 19.8 Å². The van der Waals surface area contributed by atoms with Crippen LogP contribution in [0.15, 0.2) is 24.3 Å². The van der Waals surface area contributed by atoms with Gasteiger partial charge in [0.1, 0.15) is 5.75 Å². The van der Waals surface area contributed by atoms with E-state index in [0.717, 1.165) is 35.8 Å². The van der Waals surface area contributed by atoms with E-state index in [9.17, 15) is 4.79 Å². The van der Waals surface area contributed by atoms with Crippen molar-refractivity contribution in [3.8, 4) is 5.75 Å². The van der Waals surface area contributed by atoms with Crippen molar-refractivity contribution in [2.24, 2.45) is 5.92 Å². The first-order valence-corrected chi connectivity index (χ1v) is 7.56. The minimum Gasteiger partial charge on any atom is -0.494 e. The van der Waals surface area contributed by atoms with Gasteiger partial charge in [-0.25, -0.2) is 0 Å². The molecule has 0 saturated carbocycles. The SMILES string of the molecule is CCOc1ccc(NC(=O)C2CCSCC2)cc1. The largest absolute Gasteiger partial charge is 0.494 e. The van der Waals surface area contributed by atoms with Crippen molar-refractivity contribution in [3.63, 3.8) is 0 Å². The van der Waals surface area contributed by atoms with Gasteiger partial charge in [-0.05, 0) is 55.5 Å². The molecule has 0 atom stereocenters. The Hall–Kier alpha value is -1.16. The van der Waals surface area contributed by atoms with E-state index in [0.29, 0.717) is 6.61 Å². The molecule has 1 aliphatic rings. The van der Waals surface area contributed by atoms with Crippen molar-refractivity contribution < 1.29 is 9.53 Å². The predicted octanol–water partition coefficient (Wildman–Crippen LogP) is 3.17. The summed E-state index contributed by atoms with van der Waals surface area (Å²) >= 11 is 1.93. The molecular weight excluding hydrogens is 246 g/mol. The predicted molar refractivity (Wildman–Crippen MR) is 76.3 cm³/mol. The maximum absolute atomic E-state index is 12.0. The Kier molecular flexibility index (Phi) is 4.93. The molecule has 0 spiro atoms. The van der Waals surface area contributed by atoms with Crippen LogP contribution in [0.5, 0.6) is 5.75 Å². The fourth-order valence-electron chi connectivity index (χ4n) is 2.01. The lowest BCUT2D eigenvalue weighted by molar-refractivity contribution is -0.120. The number of carbonyl (C=O) groups excluding carboxylic acids is 1. The Labute approximate surface area is 112 Å². The highest BCUT2D eigenvalue weighted by Gasteiger charge is 2.21. The average Bonchev–Trinajstić information content (AvgIpc) is 2.42. The number of benzene rings is 1. The summed E-state index contributed by atoms with van der Waals surface area (Å²) in [5.74, 6) is 3.37.